The van der Waals surface area contributed by atoms with Crippen LogP contribution < -0.4 is 4.72 Å². The third-order valence-corrected chi connectivity index (χ3v) is 4.84. The van der Waals surface area contributed by atoms with E-state index in [0.717, 1.165) is 11.8 Å². The van der Waals surface area contributed by atoms with Gasteiger partial charge in [-0.3, -0.25) is 9.59 Å². The summed E-state index contributed by atoms with van der Waals surface area (Å²) in [6, 6.07) is 7.01. The van der Waals surface area contributed by atoms with Crippen LogP contribution in [0.2, 0.25) is 0 Å². The number of carbonyl (C=O) groups excluding carboxylic acids is 2. The Hall–Kier alpha value is -2.26. The van der Waals surface area contributed by atoms with Gasteiger partial charge in [0.05, 0.1) is 10.6 Å². The average Bonchev–Trinajstić information content (AvgIpc) is 2.53. The Kier molecular flexibility index (Phi) is 5.45. The van der Waals surface area contributed by atoms with Crippen molar-refractivity contribution in [1.82, 2.24) is 9.97 Å². The van der Waals surface area contributed by atoms with Crippen molar-refractivity contribution < 1.29 is 18.0 Å². The Balaban J connectivity index is 2.12. The molecule has 0 bridgehead atoms. The minimum atomic E-state index is -3.83. The Morgan fingerprint density at radius 2 is 1.74 bits per heavy atom. The molecule has 2 aromatic rings. The van der Waals surface area contributed by atoms with Gasteiger partial charge in [0, 0.05) is 24.9 Å². The number of hydrogen-bond donors (Lipinski definition) is 1. The van der Waals surface area contributed by atoms with E-state index in [1.807, 2.05) is 0 Å². The van der Waals surface area contributed by atoms with E-state index < -0.39 is 10.0 Å². The van der Waals surface area contributed by atoms with Crippen LogP contribution in [0.15, 0.2) is 47.6 Å². The lowest BCUT2D eigenvalue weighted by atomic mass is 10.1. The molecule has 1 heterocycles. The highest BCUT2D eigenvalue weighted by atomic mass is 32.2. The molecule has 2 rings (SSSR count). The summed E-state index contributed by atoms with van der Waals surface area (Å²) in [6.45, 7) is 1.38. The number of anilines is 1. The molecule has 0 aliphatic heterocycles. The van der Waals surface area contributed by atoms with Crippen molar-refractivity contribution in [1.29, 1.82) is 0 Å². The first kappa shape index (κ1) is 17.1. The molecule has 0 aliphatic carbocycles. The van der Waals surface area contributed by atoms with E-state index in [-0.39, 0.29) is 27.5 Å². The van der Waals surface area contributed by atoms with Gasteiger partial charge in [-0.2, -0.15) is 0 Å². The summed E-state index contributed by atoms with van der Waals surface area (Å²) in [5.41, 5.74) is 0.341. The van der Waals surface area contributed by atoms with Crippen molar-refractivity contribution in [3.63, 3.8) is 0 Å². The number of thioether (sulfide) groups is 1. The van der Waals surface area contributed by atoms with E-state index in [9.17, 15) is 18.0 Å². The van der Waals surface area contributed by atoms with Gasteiger partial charge in [-0.05, 0) is 18.2 Å². The fourth-order valence-electron chi connectivity index (χ4n) is 1.60. The van der Waals surface area contributed by atoms with E-state index in [2.05, 4.69) is 14.7 Å². The van der Waals surface area contributed by atoms with Crippen molar-refractivity contribution in [2.45, 2.75) is 11.8 Å². The van der Waals surface area contributed by atoms with Crippen LogP contribution in [0.1, 0.15) is 17.3 Å². The molecule has 1 N–H and O–H groups in total. The highest BCUT2D eigenvalue weighted by Crippen LogP contribution is 2.15. The summed E-state index contributed by atoms with van der Waals surface area (Å²) in [6.07, 6.45) is 2.83. The van der Waals surface area contributed by atoms with Crippen molar-refractivity contribution in [2.24, 2.45) is 0 Å². The lowest BCUT2D eigenvalue weighted by Gasteiger charge is -2.07. The molecule has 0 fully saturated rings. The standard InChI is InChI=1S/C14H13N3O4S2/c1-10(18)22-9-13(19)11-3-5-12(6-4-11)23(20,21)17-14-15-7-2-8-16-14/h2-8H,9H2,1H3,(H,15,16,17). The molecule has 0 aliphatic rings. The van der Waals surface area contributed by atoms with Gasteiger partial charge in [0.15, 0.2) is 10.9 Å². The summed E-state index contributed by atoms with van der Waals surface area (Å²) in [5, 5.41) is -0.149. The molecule has 1 aromatic carbocycles. The van der Waals surface area contributed by atoms with E-state index >= 15 is 0 Å². The van der Waals surface area contributed by atoms with E-state index in [0.29, 0.717) is 5.56 Å². The van der Waals surface area contributed by atoms with Crippen LogP contribution in [0.25, 0.3) is 0 Å². The number of carbonyl (C=O) groups is 2. The van der Waals surface area contributed by atoms with Crippen LogP contribution in [0, 0.1) is 0 Å². The molecule has 23 heavy (non-hydrogen) atoms. The summed E-state index contributed by atoms with van der Waals surface area (Å²) in [4.78, 5) is 30.3. The number of hydrogen-bond acceptors (Lipinski definition) is 7. The monoisotopic (exact) mass is 351 g/mol. The van der Waals surface area contributed by atoms with Crippen LogP contribution in [0.5, 0.6) is 0 Å². The minimum absolute atomic E-state index is 0.0132. The molecule has 9 heteroatoms. The van der Waals surface area contributed by atoms with Crippen LogP contribution >= 0.6 is 11.8 Å². The van der Waals surface area contributed by atoms with Gasteiger partial charge >= 0.3 is 0 Å². The third-order valence-electron chi connectivity index (χ3n) is 2.68. The average molecular weight is 351 g/mol. The predicted molar refractivity (Wildman–Crippen MR) is 86.8 cm³/mol. The Morgan fingerprint density at radius 3 is 2.30 bits per heavy atom. The maximum Gasteiger partial charge on any atom is 0.264 e. The Labute approximate surface area is 137 Å². The second-order valence-electron chi connectivity index (χ2n) is 4.41. The van der Waals surface area contributed by atoms with Crippen LogP contribution in [0.4, 0.5) is 5.95 Å². The van der Waals surface area contributed by atoms with Crippen molar-refractivity contribution in [3.05, 3.63) is 48.3 Å². The summed E-state index contributed by atoms with van der Waals surface area (Å²) in [5.74, 6) is -0.253. The van der Waals surface area contributed by atoms with Crippen molar-refractivity contribution >= 4 is 38.6 Å². The quantitative estimate of drug-likeness (QED) is 0.790. The molecule has 0 atom stereocenters. The molecule has 0 radical (unpaired) electrons. The maximum atomic E-state index is 12.2. The summed E-state index contributed by atoms with van der Waals surface area (Å²) >= 11 is 0.910. The largest absolute Gasteiger partial charge is 0.293 e. The molecular weight excluding hydrogens is 338 g/mol. The van der Waals surface area contributed by atoms with Gasteiger partial charge in [-0.15, -0.1) is 0 Å². The fraction of sp³-hybridized carbons (Fsp3) is 0.143. The van der Waals surface area contributed by atoms with Gasteiger partial charge in [0.1, 0.15) is 0 Å². The predicted octanol–water partition coefficient (Wildman–Crippen LogP) is 1.74. The molecule has 0 amide bonds. The van der Waals surface area contributed by atoms with Gasteiger partial charge in [0.25, 0.3) is 10.0 Å². The molecule has 0 spiro atoms. The molecular formula is C14H13N3O4S2. The number of benzene rings is 1. The second-order valence-corrected chi connectivity index (χ2v) is 7.24. The van der Waals surface area contributed by atoms with Crippen LogP contribution in [-0.2, 0) is 14.8 Å². The minimum Gasteiger partial charge on any atom is -0.293 e. The van der Waals surface area contributed by atoms with Gasteiger partial charge in [0.2, 0.25) is 5.95 Å². The van der Waals surface area contributed by atoms with Crippen LogP contribution in [0.3, 0.4) is 0 Å². The topological polar surface area (TPSA) is 106 Å². The lowest BCUT2D eigenvalue weighted by Crippen LogP contribution is -2.15. The van der Waals surface area contributed by atoms with E-state index in [1.165, 1.54) is 43.6 Å². The van der Waals surface area contributed by atoms with Crippen molar-refractivity contribution in [2.75, 3.05) is 10.5 Å². The number of sulfonamides is 1. The molecule has 0 saturated heterocycles. The zero-order valence-electron chi connectivity index (χ0n) is 12.1. The Bertz CT molecular complexity index is 806. The molecule has 1 aromatic heterocycles. The number of rotatable bonds is 6. The first-order chi connectivity index (χ1) is 10.9. The second kappa shape index (κ2) is 7.34. The third kappa shape index (κ3) is 4.86. The van der Waals surface area contributed by atoms with Crippen molar-refractivity contribution in [3.8, 4) is 0 Å². The van der Waals surface area contributed by atoms with Gasteiger partial charge < -0.3 is 0 Å². The normalized spacial score (nSPS) is 11.0. The van der Waals surface area contributed by atoms with Gasteiger partial charge in [-0.1, -0.05) is 23.9 Å². The summed E-state index contributed by atoms with van der Waals surface area (Å²) < 4.78 is 26.6. The maximum absolute atomic E-state index is 12.2. The number of aromatic nitrogens is 2. The highest BCUT2D eigenvalue weighted by Gasteiger charge is 2.16. The number of nitrogens with zero attached hydrogens (tertiary/aromatic N) is 2. The zero-order valence-corrected chi connectivity index (χ0v) is 13.7. The van der Waals surface area contributed by atoms with E-state index in [1.54, 1.807) is 6.07 Å². The molecule has 0 saturated carbocycles. The number of nitrogens with one attached hydrogen (secondary N) is 1. The number of Topliss-reactive ketones (excluding diaryl/α,β-unsaturated/α-hetero) is 1. The molecule has 7 nitrogen and oxygen atoms in total. The lowest BCUT2D eigenvalue weighted by molar-refractivity contribution is -0.109. The zero-order chi connectivity index (χ0) is 16.9. The fourth-order valence-corrected chi connectivity index (χ4v) is 3.06. The van der Waals surface area contributed by atoms with Gasteiger partial charge in [-0.25, -0.2) is 23.1 Å². The molecule has 0 unspecified atom stereocenters. The smallest absolute Gasteiger partial charge is 0.264 e. The highest BCUT2D eigenvalue weighted by molar-refractivity contribution is 8.14. The Morgan fingerprint density at radius 1 is 1.13 bits per heavy atom. The molecule has 120 valence electrons. The number of ketones is 1. The first-order valence-electron chi connectivity index (χ1n) is 6.45. The van der Waals surface area contributed by atoms with Crippen LogP contribution in [-0.4, -0.2) is 35.0 Å². The SMILES string of the molecule is CC(=O)SCC(=O)c1ccc(S(=O)(=O)Nc2ncccn2)cc1. The van der Waals surface area contributed by atoms with E-state index in [4.69, 9.17) is 0 Å². The summed E-state index contributed by atoms with van der Waals surface area (Å²) in [7, 11) is -3.83. The first-order valence-corrected chi connectivity index (χ1v) is 8.92.